The monoisotopic (exact) mass is 291 g/mol. The van der Waals surface area contributed by atoms with E-state index >= 15 is 0 Å². The molecular weight excluding hydrogens is 283 g/mol. The highest BCUT2D eigenvalue weighted by Crippen LogP contribution is 2.35. The lowest BCUT2D eigenvalue weighted by atomic mass is 10.1. The molecule has 0 atom stereocenters. The van der Waals surface area contributed by atoms with E-state index in [0.717, 1.165) is 17.4 Å². The quantitative estimate of drug-likeness (QED) is 0.880. The molecule has 0 saturated heterocycles. The van der Waals surface area contributed by atoms with E-state index in [1.165, 1.54) is 23.9 Å². The number of hydrogen-bond acceptors (Lipinski definition) is 5. The van der Waals surface area contributed by atoms with Gasteiger partial charge in [-0.1, -0.05) is 41.3 Å². The number of hydrogen-bond donors (Lipinski definition) is 1. The summed E-state index contributed by atoms with van der Waals surface area (Å²) in [6.45, 7) is 0. The van der Waals surface area contributed by atoms with Gasteiger partial charge < -0.3 is 5.73 Å². The van der Waals surface area contributed by atoms with E-state index in [1.54, 1.807) is 6.07 Å². The van der Waals surface area contributed by atoms with E-state index in [9.17, 15) is 13.2 Å². The number of nitrogens with two attached hydrogens (primary N) is 1. The van der Waals surface area contributed by atoms with Crippen molar-refractivity contribution < 1.29 is 13.2 Å². The van der Waals surface area contributed by atoms with Crippen molar-refractivity contribution in [1.29, 1.82) is 0 Å². The Kier molecular flexibility index (Phi) is 3.76. The molecule has 0 fully saturated rings. The molecule has 0 aliphatic heterocycles. The van der Waals surface area contributed by atoms with Crippen molar-refractivity contribution in [3.05, 3.63) is 35.4 Å². The van der Waals surface area contributed by atoms with Gasteiger partial charge >= 0.3 is 6.18 Å². The third kappa shape index (κ3) is 3.14. The molecule has 0 radical (unpaired) electrons. The number of benzene rings is 1. The average molecular weight is 291 g/mol. The van der Waals surface area contributed by atoms with Crippen molar-refractivity contribution >= 4 is 28.2 Å². The van der Waals surface area contributed by atoms with Crippen molar-refractivity contribution in [1.82, 2.24) is 10.2 Å². The van der Waals surface area contributed by atoms with Gasteiger partial charge in [0, 0.05) is 5.75 Å². The van der Waals surface area contributed by atoms with Gasteiger partial charge in [0.2, 0.25) is 5.13 Å². The maximum Gasteiger partial charge on any atom is 0.416 e. The number of aromatic nitrogens is 2. The Labute approximate surface area is 109 Å². The van der Waals surface area contributed by atoms with Crippen LogP contribution in [0, 0.1) is 0 Å². The minimum atomic E-state index is -4.34. The molecule has 0 spiro atoms. The van der Waals surface area contributed by atoms with Gasteiger partial charge in [0.1, 0.15) is 0 Å². The number of alkyl halides is 3. The molecule has 96 valence electrons. The van der Waals surface area contributed by atoms with E-state index in [0.29, 0.717) is 9.47 Å². The summed E-state index contributed by atoms with van der Waals surface area (Å²) in [5, 5.41) is 7.66. The van der Waals surface area contributed by atoms with Crippen LogP contribution >= 0.6 is 23.1 Å². The number of halogens is 3. The first-order chi connectivity index (χ1) is 8.47. The summed E-state index contributed by atoms with van der Waals surface area (Å²) in [6, 6.07) is 5.49. The van der Waals surface area contributed by atoms with Gasteiger partial charge in [0.05, 0.1) is 5.56 Å². The predicted octanol–water partition coefficient (Wildman–Crippen LogP) is 3.43. The number of nitrogens with zero attached hydrogens (tertiary/aromatic N) is 2. The molecule has 0 aliphatic rings. The number of nitrogen functional groups attached to an aromatic ring is 1. The maximum atomic E-state index is 12.7. The minimum Gasteiger partial charge on any atom is -0.374 e. The molecule has 8 heteroatoms. The van der Waals surface area contributed by atoms with Gasteiger partial charge in [-0.2, -0.15) is 13.2 Å². The Bertz CT molecular complexity index is 539. The lowest BCUT2D eigenvalue weighted by Crippen LogP contribution is -2.08. The van der Waals surface area contributed by atoms with Crippen molar-refractivity contribution in [2.24, 2.45) is 0 Å². The highest BCUT2D eigenvalue weighted by atomic mass is 32.2. The van der Waals surface area contributed by atoms with E-state index in [4.69, 9.17) is 5.73 Å². The summed E-state index contributed by atoms with van der Waals surface area (Å²) < 4.78 is 38.7. The summed E-state index contributed by atoms with van der Waals surface area (Å²) in [6.07, 6.45) is -4.34. The fourth-order valence-corrected chi connectivity index (χ4v) is 2.98. The number of thioether (sulfide) groups is 1. The van der Waals surface area contributed by atoms with Crippen LogP contribution in [0.1, 0.15) is 11.1 Å². The second-order valence-corrected chi connectivity index (χ2v) is 5.58. The van der Waals surface area contributed by atoms with Crippen molar-refractivity contribution in [3.63, 3.8) is 0 Å². The Morgan fingerprint density at radius 3 is 2.56 bits per heavy atom. The maximum absolute atomic E-state index is 12.7. The summed E-state index contributed by atoms with van der Waals surface area (Å²) >= 11 is 2.35. The van der Waals surface area contributed by atoms with E-state index in [2.05, 4.69) is 10.2 Å². The normalized spacial score (nSPS) is 11.7. The summed E-state index contributed by atoms with van der Waals surface area (Å²) in [5.41, 5.74) is 5.01. The van der Waals surface area contributed by atoms with Crippen LogP contribution in [0.25, 0.3) is 0 Å². The first-order valence-electron chi connectivity index (χ1n) is 4.83. The zero-order valence-corrected chi connectivity index (χ0v) is 10.6. The first kappa shape index (κ1) is 13.2. The molecule has 2 aromatic rings. The minimum absolute atomic E-state index is 0.185. The molecular formula is C10H8F3N3S2. The third-order valence-corrected chi connectivity index (χ3v) is 4.03. The van der Waals surface area contributed by atoms with Gasteiger partial charge in [-0.05, 0) is 11.6 Å². The Hall–Kier alpha value is -1.28. The molecule has 0 bridgehead atoms. The average Bonchev–Trinajstić information content (AvgIpc) is 2.72. The van der Waals surface area contributed by atoms with Gasteiger partial charge in [-0.25, -0.2) is 0 Å². The van der Waals surface area contributed by atoms with Gasteiger partial charge in [0.25, 0.3) is 0 Å². The molecule has 1 aromatic carbocycles. The van der Waals surface area contributed by atoms with Gasteiger partial charge in [-0.15, -0.1) is 10.2 Å². The van der Waals surface area contributed by atoms with E-state index in [1.807, 2.05) is 0 Å². The van der Waals surface area contributed by atoms with Crippen LogP contribution < -0.4 is 5.73 Å². The number of rotatable bonds is 3. The van der Waals surface area contributed by atoms with Crippen LogP contribution in [0.15, 0.2) is 28.6 Å². The third-order valence-electron chi connectivity index (χ3n) is 2.10. The first-order valence-corrected chi connectivity index (χ1v) is 6.64. The zero-order chi connectivity index (χ0) is 13.2. The van der Waals surface area contributed by atoms with Crippen LogP contribution in [0.4, 0.5) is 18.3 Å². The highest BCUT2D eigenvalue weighted by Gasteiger charge is 2.32. The smallest absolute Gasteiger partial charge is 0.374 e. The largest absolute Gasteiger partial charge is 0.416 e. The lowest BCUT2D eigenvalue weighted by Gasteiger charge is -2.11. The molecule has 3 nitrogen and oxygen atoms in total. The van der Waals surface area contributed by atoms with Gasteiger partial charge in [0.15, 0.2) is 4.34 Å². The van der Waals surface area contributed by atoms with Crippen LogP contribution in [-0.4, -0.2) is 10.2 Å². The molecule has 0 amide bonds. The zero-order valence-electron chi connectivity index (χ0n) is 8.94. The van der Waals surface area contributed by atoms with Crippen molar-refractivity contribution in [3.8, 4) is 0 Å². The molecule has 18 heavy (non-hydrogen) atoms. The molecule has 0 aliphatic carbocycles. The summed E-state index contributed by atoms with van der Waals surface area (Å²) in [4.78, 5) is 0. The SMILES string of the molecule is Nc1nnc(SCc2ccccc2C(F)(F)F)s1. The lowest BCUT2D eigenvalue weighted by molar-refractivity contribution is -0.138. The molecule has 0 saturated carbocycles. The summed E-state index contributed by atoms with van der Waals surface area (Å²) in [5.74, 6) is 0.185. The van der Waals surface area contributed by atoms with E-state index in [-0.39, 0.29) is 11.3 Å². The van der Waals surface area contributed by atoms with Crippen LogP contribution in [0.5, 0.6) is 0 Å². The summed E-state index contributed by atoms with van der Waals surface area (Å²) in [7, 11) is 0. The molecule has 1 aromatic heterocycles. The number of anilines is 1. The molecule has 2 rings (SSSR count). The van der Waals surface area contributed by atoms with Crippen LogP contribution in [-0.2, 0) is 11.9 Å². The fourth-order valence-electron chi connectivity index (χ4n) is 1.34. The standard InChI is InChI=1S/C10H8F3N3S2/c11-10(12,13)7-4-2-1-3-6(7)5-17-9-16-15-8(14)18-9/h1-4H,5H2,(H2,14,15). The predicted molar refractivity (Wildman–Crippen MR) is 65.3 cm³/mol. The van der Waals surface area contributed by atoms with Crippen molar-refractivity contribution in [2.75, 3.05) is 5.73 Å². The highest BCUT2D eigenvalue weighted by molar-refractivity contribution is 8.00. The second-order valence-electron chi connectivity index (χ2n) is 3.35. The Morgan fingerprint density at radius 1 is 1.22 bits per heavy atom. The van der Waals surface area contributed by atoms with E-state index < -0.39 is 11.7 Å². The molecule has 1 heterocycles. The van der Waals surface area contributed by atoms with Gasteiger partial charge in [-0.3, -0.25) is 0 Å². The second kappa shape index (κ2) is 5.15. The topological polar surface area (TPSA) is 51.8 Å². The van der Waals surface area contributed by atoms with Crippen LogP contribution in [0.2, 0.25) is 0 Å². The van der Waals surface area contributed by atoms with Crippen molar-refractivity contribution in [2.45, 2.75) is 16.3 Å². The molecule has 0 unspecified atom stereocenters. The molecule has 2 N–H and O–H groups in total. The Morgan fingerprint density at radius 2 is 1.94 bits per heavy atom. The Balaban J connectivity index is 2.14. The fraction of sp³-hybridized carbons (Fsp3) is 0.200. The van der Waals surface area contributed by atoms with Crippen LogP contribution in [0.3, 0.4) is 0 Å².